The van der Waals surface area contributed by atoms with Crippen LogP contribution in [0.15, 0.2) is 24.3 Å². The van der Waals surface area contributed by atoms with Crippen molar-refractivity contribution < 1.29 is 22.7 Å². The molecule has 1 aromatic heterocycles. The third-order valence-corrected chi connectivity index (χ3v) is 3.17. The summed E-state index contributed by atoms with van der Waals surface area (Å²) in [6.07, 6.45) is -4.69. The van der Waals surface area contributed by atoms with E-state index in [0.29, 0.717) is 6.07 Å². The molecule has 10 heteroatoms. The standard InChI is InChI=1S/C14H13ClF4N4O/c1-7(6-24)20-13-22-11(14(17,18)19)5-12(23-13)21-10-3-2-8(16)4-9(10)15/h2-5,7,24H,6H2,1H3,(H2,20,21,22,23)/t7-/m0/s1. The molecule has 0 amide bonds. The molecule has 0 aliphatic rings. The van der Waals surface area contributed by atoms with Crippen LogP contribution >= 0.6 is 11.6 Å². The van der Waals surface area contributed by atoms with Gasteiger partial charge in [0.05, 0.1) is 17.3 Å². The van der Waals surface area contributed by atoms with Crippen LogP contribution in [0.25, 0.3) is 0 Å². The van der Waals surface area contributed by atoms with Crippen molar-refractivity contribution in [3.63, 3.8) is 0 Å². The van der Waals surface area contributed by atoms with Gasteiger partial charge in [0, 0.05) is 12.1 Å². The number of halogens is 5. The van der Waals surface area contributed by atoms with Crippen LogP contribution in [0.2, 0.25) is 5.02 Å². The van der Waals surface area contributed by atoms with Gasteiger partial charge in [0.15, 0.2) is 5.69 Å². The zero-order chi connectivity index (χ0) is 17.9. The second-order valence-electron chi connectivity index (χ2n) is 4.94. The number of benzene rings is 1. The Morgan fingerprint density at radius 1 is 1.25 bits per heavy atom. The molecule has 2 aromatic rings. The van der Waals surface area contributed by atoms with E-state index in [1.165, 1.54) is 6.07 Å². The van der Waals surface area contributed by atoms with E-state index < -0.39 is 23.7 Å². The Balaban J connectivity index is 2.38. The molecule has 5 nitrogen and oxygen atoms in total. The van der Waals surface area contributed by atoms with Crippen LogP contribution in [0.3, 0.4) is 0 Å². The van der Waals surface area contributed by atoms with Crippen molar-refractivity contribution in [1.29, 1.82) is 0 Å². The molecular weight excluding hydrogens is 352 g/mol. The maximum absolute atomic E-state index is 13.0. The van der Waals surface area contributed by atoms with Gasteiger partial charge in [-0.3, -0.25) is 0 Å². The third-order valence-electron chi connectivity index (χ3n) is 2.86. The lowest BCUT2D eigenvalue weighted by atomic mass is 10.3. The van der Waals surface area contributed by atoms with Crippen molar-refractivity contribution in [3.05, 3.63) is 40.8 Å². The van der Waals surface area contributed by atoms with Crippen molar-refractivity contribution in [2.75, 3.05) is 17.2 Å². The van der Waals surface area contributed by atoms with E-state index in [-0.39, 0.29) is 29.1 Å². The summed E-state index contributed by atoms with van der Waals surface area (Å²) in [4.78, 5) is 7.28. The molecular formula is C14H13ClF4N4O. The minimum Gasteiger partial charge on any atom is -0.394 e. The molecule has 0 aliphatic carbocycles. The number of rotatable bonds is 5. The maximum atomic E-state index is 13.0. The number of nitrogens with zero attached hydrogens (tertiary/aromatic N) is 2. The van der Waals surface area contributed by atoms with Crippen molar-refractivity contribution in [1.82, 2.24) is 9.97 Å². The van der Waals surface area contributed by atoms with Crippen LogP contribution in [0, 0.1) is 5.82 Å². The predicted molar refractivity (Wildman–Crippen MR) is 81.9 cm³/mol. The Labute approximate surface area is 139 Å². The van der Waals surface area contributed by atoms with Gasteiger partial charge in [-0.25, -0.2) is 9.37 Å². The van der Waals surface area contributed by atoms with Crippen LogP contribution in [0.5, 0.6) is 0 Å². The summed E-state index contributed by atoms with van der Waals surface area (Å²) in [5.74, 6) is -1.08. The van der Waals surface area contributed by atoms with E-state index in [9.17, 15) is 17.6 Å². The predicted octanol–water partition coefficient (Wildman–Crippen LogP) is 3.82. The fourth-order valence-electron chi connectivity index (χ4n) is 1.72. The van der Waals surface area contributed by atoms with Crippen LogP contribution in [-0.4, -0.2) is 27.7 Å². The fraction of sp³-hybridized carbons (Fsp3) is 0.286. The molecule has 24 heavy (non-hydrogen) atoms. The number of hydrogen-bond acceptors (Lipinski definition) is 5. The van der Waals surface area contributed by atoms with Crippen molar-refractivity contribution in [2.45, 2.75) is 19.1 Å². The van der Waals surface area contributed by atoms with E-state index in [2.05, 4.69) is 20.6 Å². The third kappa shape index (κ3) is 4.68. The van der Waals surface area contributed by atoms with Gasteiger partial charge in [0.25, 0.3) is 0 Å². The molecule has 0 aliphatic heterocycles. The highest BCUT2D eigenvalue weighted by molar-refractivity contribution is 6.33. The van der Waals surface area contributed by atoms with Crippen molar-refractivity contribution in [3.8, 4) is 0 Å². The summed E-state index contributed by atoms with van der Waals surface area (Å²) in [6.45, 7) is 1.24. The summed E-state index contributed by atoms with van der Waals surface area (Å²) in [7, 11) is 0. The van der Waals surface area contributed by atoms with E-state index >= 15 is 0 Å². The highest BCUT2D eigenvalue weighted by atomic mass is 35.5. The van der Waals surface area contributed by atoms with Crippen molar-refractivity contribution >= 4 is 29.1 Å². The van der Waals surface area contributed by atoms with Gasteiger partial charge in [-0.1, -0.05) is 11.6 Å². The molecule has 0 spiro atoms. The Hall–Kier alpha value is -2.13. The summed E-state index contributed by atoms with van der Waals surface area (Å²) >= 11 is 5.84. The number of hydrogen-bond donors (Lipinski definition) is 3. The Bertz CT molecular complexity index is 726. The molecule has 2 rings (SSSR count). The normalized spacial score (nSPS) is 12.8. The minimum atomic E-state index is -4.69. The van der Waals surface area contributed by atoms with Crippen LogP contribution < -0.4 is 10.6 Å². The van der Waals surface area contributed by atoms with Gasteiger partial charge in [0.2, 0.25) is 5.95 Å². The highest BCUT2D eigenvalue weighted by Crippen LogP contribution is 2.31. The lowest BCUT2D eigenvalue weighted by Crippen LogP contribution is -2.22. The highest BCUT2D eigenvalue weighted by Gasteiger charge is 2.34. The number of alkyl halides is 3. The van der Waals surface area contributed by atoms with Gasteiger partial charge in [-0.15, -0.1) is 0 Å². The van der Waals surface area contributed by atoms with E-state index in [1.54, 1.807) is 6.92 Å². The Morgan fingerprint density at radius 3 is 2.54 bits per heavy atom. The zero-order valence-corrected chi connectivity index (χ0v) is 13.1. The minimum absolute atomic E-state index is 0.0135. The van der Waals surface area contributed by atoms with Gasteiger partial charge in [-0.2, -0.15) is 18.2 Å². The second-order valence-corrected chi connectivity index (χ2v) is 5.34. The first kappa shape index (κ1) is 18.2. The van der Waals surface area contributed by atoms with E-state index in [0.717, 1.165) is 12.1 Å². The zero-order valence-electron chi connectivity index (χ0n) is 12.3. The topological polar surface area (TPSA) is 70.1 Å². The van der Waals surface area contributed by atoms with Crippen LogP contribution in [0.1, 0.15) is 12.6 Å². The lowest BCUT2D eigenvalue weighted by Gasteiger charge is -2.15. The van der Waals surface area contributed by atoms with Gasteiger partial charge in [-0.05, 0) is 25.1 Å². The number of nitrogens with one attached hydrogen (secondary N) is 2. The van der Waals surface area contributed by atoms with Crippen LogP contribution in [-0.2, 0) is 6.18 Å². The Kier molecular flexibility index (Phi) is 5.45. The fourth-order valence-corrected chi connectivity index (χ4v) is 1.93. The van der Waals surface area contributed by atoms with Gasteiger partial charge in [0.1, 0.15) is 11.6 Å². The first-order chi connectivity index (χ1) is 11.2. The van der Waals surface area contributed by atoms with Gasteiger partial charge < -0.3 is 15.7 Å². The first-order valence-electron chi connectivity index (χ1n) is 6.75. The molecule has 0 saturated heterocycles. The largest absolute Gasteiger partial charge is 0.433 e. The number of aliphatic hydroxyl groups is 1. The smallest absolute Gasteiger partial charge is 0.394 e. The van der Waals surface area contributed by atoms with E-state index in [4.69, 9.17) is 16.7 Å². The summed E-state index contributed by atoms with van der Waals surface area (Å²) in [5.41, 5.74) is -0.989. The molecule has 3 N–H and O–H groups in total. The molecule has 0 saturated carbocycles. The van der Waals surface area contributed by atoms with Crippen LogP contribution in [0.4, 0.5) is 35.0 Å². The number of aliphatic hydroxyl groups excluding tert-OH is 1. The second kappa shape index (κ2) is 7.18. The number of anilines is 3. The summed E-state index contributed by atoms with van der Waals surface area (Å²) in [6, 6.07) is 3.55. The molecule has 130 valence electrons. The summed E-state index contributed by atoms with van der Waals surface area (Å²) in [5, 5.41) is 14.1. The maximum Gasteiger partial charge on any atom is 0.433 e. The average Bonchev–Trinajstić information content (AvgIpc) is 2.49. The molecule has 1 heterocycles. The molecule has 1 aromatic carbocycles. The van der Waals surface area contributed by atoms with E-state index in [1.807, 2.05) is 0 Å². The lowest BCUT2D eigenvalue weighted by molar-refractivity contribution is -0.141. The molecule has 0 fully saturated rings. The molecule has 0 radical (unpaired) electrons. The monoisotopic (exact) mass is 364 g/mol. The molecule has 0 unspecified atom stereocenters. The van der Waals surface area contributed by atoms with Crippen molar-refractivity contribution in [2.24, 2.45) is 0 Å². The molecule has 0 bridgehead atoms. The molecule has 1 atom stereocenters. The summed E-state index contributed by atoms with van der Waals surface area (Å²) < 4.78 is 51.9. The quantitative estimate of drug-likeness (QED) is 0.703. The average molecular weight is 365 g/mol. The first-order valence-corrected chi connectivity index (χ1v) is 7.12. The Morgan fingerprint density at radius 2 is 1.96 bits per heavy atom. The van der Waals surface area contributed by atoms with Gasteiger partial charge >= 0.3 is 6.18 Å². The SMILES string of the molecule is C[C@@H](CO)Nc1nc(Nc2ccc(F)cc2Cl)cc(C(F)(F)F)n1. The number of aromatic nitrogens is 2.